The molecule has 1 heterocycles. The summed E-state index contributed by atoms with van der Waals surface area (Å²) in [5.41, 5.74) is 6.49. The van der Waals surface area contributed by atoms with Crippen LogP contribution < -0.4 is 15.4 Å². The van der Waals surface area contributed by atoms with Crippen LogP contribution in [-0.2, 0) is 0 Å². The molecule has 4 nitrogen and oxygen atoms in total. The van der Waals surface area contributed by atoms with E-state index in [-0.39, 0.29) is 0 Å². The Balaban J connectivity index is 3.05. The van der Waals surface area contributed by atoms with E-state index in [0.717, 1.165) is 5.82 Å². The second kappa shape index (κ2) is 4.17. The van der Waals surface area contributed by atoms with Gasteiger partial charge in [-0.15, -0.1) is 0 Å². The fourth-order valence-corrected chi connectivity index (χ4v) is 1.08. The monoisotopic (exact) mass is 195 g/mol. The highest BCUT2D eigenvalue weighted by molar-refractivity contribution is 5.63. The van der Waals surface area contributed by atoms with Gasteiger partial charge in [-0.2, -0.15) is 4.98 Å². The van der Waals surface area contributed by atoms with Crippen molar-refractivity contribution >= 4 is 11.5 Å². The highest BCUT2D eigenvalue weighted by Gasteiger charge is 2.11. The Morgan fingerprint density at radius 1 is 1.43 bits per heavy atom. The molecule has 0 saturated carbocycles. The maximum absolute atomic E-state index is 5.82. The van der Waals surface area contributed by atoms with E-state index in [1.807, 2.05) is 11.9 Å². The molecule has 4 heteroatoms. The maximum atomic E-state index is 5.82. The molecule has 0 spiro atoms. The standard InChI is InChI=1S/C10H17N3O/c1-7(2)13(3)10-8(11)5-6-9(12-10)14-4/h5-7H,11H2,1-4H3. The van der Waals surface area contributed by atoms with Crippen LogP contribution in [0.3, 0.4) is 0 Å². The summed E-state index contributed by atoms with van der Waals surface area (Å²) >= 11 is 0. The van der Waals surface area contributed by atoms with Crippen LogP contribution in [0.1, 0.15) is 13.8 Å². The average molecular weight is 195 g/mol. The van der Waals surface area contributed by atoms with Crippen molar-refractivity contribution < 1.29 is 4.74 Å². The summed E-state index contributed by atoms with van der Waals surface area (Å²) < 4.78 is 5.05. The van der Waals surface area contributed by atoms with Gasteiger partial charge in [-0.25, -0.2) is 0 Å². The Morgan fingerprint density at radius 2 is 2.07 bits per heavy atom. The molecule has 0 bridgehead atoms. The molecule has 1 aromatic heterocycles. The molecule has 0 aliphatic rings. The number of anilines is 2. The molecule has 0 fully saturated rings. The Bertz CT molecular complexity index is 312. The van der Waals surface area contributed by atoms with Gasteiger partial charge in [-0.05, 0) is 19.9 Å². The molecule has 78 valence electrons. The second-order valence-electron chi connectivity index (χ2n) is 3.47. The van der Waals surface area contributed by atoms with Crippen LogP contribution in [-0.4, -0.2) is 25.2 Å². The van der Waals surface area contributed by atoms with Crippen molar-refractivity contribution in [2.45, 2.75) is 19.9 Å². The molecule has 1 aromatic rings. The normalized spacial score (nSPS) is 10.4. The third-order valence-electron chi connectivity index (χ3n) is 2.20. The Kier molecular flexibility index (Phi) is 3.17. The molecule has 0 aromatic carbocycles. The minimum atomic E-state index is 0.358. The van der Waals surface area contributed by atoms with Crippen molar-refractivity contribution in [2.75, 3.05) is 24.8 Å². The lowest BCUT2D eigenvalue weighted by atomic mass is 10.3. The lowest BCUT2D eigenvalue weighted by molar-refractivity contribution is 0.398. The molecule has 1 rings (SSSR count). The first kappa shape index (κ1) is 10.6. The van der Waals surface area contributed by atoms with E-state index in [4.69, 9.17) is 10.5 Å². The highest BCUT2D eigenvalue weighted by atomic mass is 16.5. The predicted octanol–water partition coefficient (Wildman–Crippen LogP) is 1.52. The molecule has 0 saturated heterocycles. The molecule has 0 unspecified atom stereocenters. The smallest absolute Gasteiger partial charge is 0.215 e. The number of pyridine rings is 1. The number of aromatic nitrogens is 1. The lowest BCUT2D eigenvalue weighted by Gasteiger charge is -2.24. The second-order valence-corrected chi connectivity index (χ2v) is 3.47. The number of nitrogens with two attached hydrogens (primary N) is 1. The topological polar surface area (TPSA) is 51.4 Å². The third kappa shape index (κ3) is 2.07. The number of hydrogen-bond donors (Lipinski definition) is 1. The number of rotatable bonds is 3. The van der Waals surface area contributed by atoms with Crippen molar-refractivity contribution in [2.24, 2.45) is 0 Å². The minimum absolute atomic E-state index is 0.358. The first-order valence-corrected chi connectivity index (χ1v) is 4.59. The lowest BCUT2D eigenvalue weighted by Crippen LogP contribution is -2.27. The quantitative estimate of drug-likeness (QED) is 0.794. The van der Waals surface area contributed by atoms with Gasteiger partial charge in [0.2, 0.25) is 5.88 Å². The third-order valence-corrected chi connectivity index (χ3v) is 2.20. The zero-order chi connectivity index (χ0) is 10.7. The van der Waals surface area contributed by atoms with Crippen molar-refractivity contribution in [3.05, 3.63) is 12.1 Å². The molecular formula is C10H17N3O. The van der Waals surface area contributed by atoms with Gasteiger partial charge < -0.3 is 15.4 Å². The van der Waals surface area contributed by atoms with E-state index in [0.29, 0.717) is 17.6 Å². The molecule has 0 atom stereocenters. The van der Waals surface area contributed by atoms with Gasteiger partial charge in [0, 0.05) is 19.2 Å². The van der Waals surface area contributed by atoms with Crippen LogP contribution in [0.2, 0.25) is 0 Å². The largest absolute Gasteiger partial charge is 0.481 e. The highest BCUT2D eigenvalue weighted by Crippen LogP contribution is 2.23. The number of hydrogen-bond acceptors (Lipinski definition) is 4. The van der Waals surface area contributed by atoms with Crippen LogP contribution in [0.4, 0.5) is 11.5 Å². The minimum Gasteiger partial charge on any atom is -0.481 e. The molecule has 0 aliphatic heterocycles. The van der Waals surface area contributed by atoms with Crippen LogP contribution in [0.15, 0.2) is 12.1 Å². The van der Waals surface area contributed by atoms with Crippen molar-refractivity contribution in [1.82, 2.24) is 4.98 Å². The average Bonchev–Trinajstić information content (AvgIpc) is 2.17. The number of methoxy groups -OCH3 is 1. The number of nitrogen functional groups attached to an aromatic ring is 1. The van der Waals surface area contributed by atoms with Gasteiger partial charge in [-0.3, -0.25) is 0 Å². The van der Waals surface area contributed by atoms with Gasteiger partial charge in [0.15, 0.2) is 5.82 Å². The summed E-state index contributed by atoms with van der Waals surface area (Å²) in [6, 6.07) is 3.92. The van der Waals surface area contributed by atoms with E-state index in [2.05, 4.69) is 18.8 Å². The van der Waals surface area contributed by atoms with Crippen LogP contribution >= 0.6 is 0 Å². The maximum Gasteiger partial charge on any atom is 0.215 e. The van der Waals surface area contributed by atoms with E-state index >= 15 is 0 Å². The number of nitrogens with zero attached hydrogens (tertiary/aromatic N) is 2. The van der Waals surface area contributed by atoms with Crippen LogP contribution in [0, 0.1) is 0 Å². The molecule has 0 amide bonds. The molecule has 0 aliphatic carbocycles. The summed E-state index contributed by atoms with van der Waals surface area (Å²) in [7, 11) is 3.56. The van der Waals surface area contributed by atoms with Crippen molar-refractivity contribution in [1.29, 1.82) is 0 Å². The first-order chi connectivity index (χ1) is 6.56. The Hall–Kier alpha value is -1.45. The van der Waals surface area contributed by atoms with Crippen LogP contribution in [0.5, 0.6) is 5.88 Å². The van der Waals surface area contributed by atoms with E-state index in [1.54, 1.807) is 19.2 Å². The van der Waals surface area contributed by atoms with Gasteiger partial charge in [0.25, 0.3) is 0 Å². The van der Waals surface area contributed by atoms with Gasteiger partial charge in [0.05, 0.1) is 12.8 Å². The summed E-state index contributed by atoms with van der Waals surface area (Å²) in [6.07, 6.45) is 0. The molecule has 14 heavy (non-hydrogen) atoms. The summed E-state index contributed by atoms with van der Waals surface area (Å²) in [5, 5.41) is 0. The summed E-state index contributed by atoms with van der Waals surface area (Å²) in [4.78, 5) is 6.30. The fraction of sp³-hybridized carbons (Fsp3) is 0.500. The van der Waals surface area contributed by atoms with E-state index in [9.17, 15) is 0 Å². The van der Waals surface area contributed by atoms with Gasteiger partial charge in [0.1, 0.15) is 0 Å². The summed E-state index contributed by atoms with van der Waals surface area (Å²) in [5.74, 6) is 1.35. The van der Waals surface area contributed by atoms with E-state index in [1.165, 1.54) is 0 Å². The van der Waals surface area contributed by atoms with Gasteiger partial charge >= 0.3 is 0 Å². The molecule has 2 N–H and O–H groups in total. The zero-order valence-electron chi connectivity index (χ0n) is 9.11. The molecule has 0 radical (unpaired) electrons. The number of ether oxygens (including phenoxy) is 1. The fourth-order valence-electron chi connectivity index (χ4n) is 1.08. The van der Waals surface area contributed by atoms with Crippen LogP contribution in [0.25, 0.3) is 0 Å². The Labute approximate surface area is 84.7 Å². The Morgan fingerprint density at radius 3 is 2.57 bits per heavy atom. The van der Waals surface area contributed by atoms with Crippen molar-refractivity contribution in [3.63, 3.8) is 0 Å². The van der Waals surface area contributed by atoms with E-state index < -0.39 is 0 Å². The first-order valence-electron chi connectivity index (χ1n) is 4.59. The predicted molar refractivity (Wildman–Crippen MR) is 58.7 cm³/mol. The van der Waals surface area contributed by atoms with Crippen molar-refractivity contribution in [3.8, 4) is 5.88 Å². The SMILES string of the molecule is COc1ccc(N)c(N(C)C(C)C)n1. The molecular weight excluding hydrogens is 178 g/mol. The zero-order valence-corrected chi connectivity index (χ0v) is 9.11. The summed E-state index contributed by atoms with van der Waals surface area (Å²) in [6.45, 7) is 4.17. The van der Waals surface area contributed by atoms with Gasteiger partial charge in [-0.1, -0.05) is 0 Å².